The fourth-order valence-electron chi connectivity index (χ4n) is 6.20. The summed E-state index contributed by atoms with van der Waals surface area (Å²) in [6.07, 6.45) is 8.82. The first-order valence-corrected chi connectivity index (χ1v) is 13.8. The van der Waals surface area contributed by atoms with Crippen molar-refractivity contribution < 1.29 is 4.79 Å². The first kappa shape index (κ1) is 23.3. The van der Waals surface area contributed by atoms with Crippen molar-refractivity contribution in [3.05, 3.63) is 54.4 Å². The van der Waals surface area contributed by atoms with Gasteiger partial charge in [-0.2, -0.15) is 5.10 Å². The van der Waals surface area contributed by atoms with Gasteiger partial charge in [0.2, 0.25) is 0 Å². The second kappa shape index (κ2) is 10.1. The van der Waals surface area contributed by atoms with E-state index in [-0.39, 0.29) is 6.03 Å². The van der Waals surface area contributed by atoms with Gasteiger partial charge in [0.15, 0.2) is 0 Å². The summed E-state index contributed by atoms with van der Waals surface area (Å²) in [6.45, 7) is 10.9. The molecule has 0 bridgehead atoms. The van der Waals surface area contributed by atoms with Crippen LogP contribution < -0.4 is 4.90 Å². The lowest BCUT2D eigenvalue weighted by atomic mass is 9.88. The van der Waals surface area contributed by atoms with E-state index < -0.39 is 0 Å². The molecule has 36 heavy (non-hydrogen) atoms. The Morgan fingerprint density at radius 3 is 2.25 bits per heavy atom. The van der Waals surface area contributed by atoms with Gasteiger partial charge in [-0.25, -0.2) is 9.31 Å². The Bertz CT molecular complexity index is 1180. The summed E-state index contributed by atoms with van der Waals surface area (Å²) in [5, 5.41) is 4.60. The molecule has 6 rings (SSSR count). The average molecular weight is 487 g/mol. The second-order valence-corrected chi connectivity index (χ2v) is 10.6. The molecule has 0 unspecified atom stereocenters. The zero-order chi connectivity index (χ0) is 24.5. The molecule has 2 amide bonds. The van der Waals surface area contributed by atoms with Crippen LogP contribution >= 0.6 is 0 Å². The Balaban J connectivity index is 1.15. The molecule has 0 N–H and O–H groups in total. The van der Waals surface area contributed by atoms with Crippen LogP contribution in [0.4, 0.5) is 10.5 Å². The van der Waals surface area contributed by atoms with Crippen molar-refractivity contribution in [2.75, 3.05) is 63.8 Å². The van der Waals surface area contributed by atoms with Gasteiger partial charge >= 0.3 is 6.03 Å². The van der Waals surface area contributed by atoms with Crippen molar-refractivity contribution >= 4 is 17.2 Å². The number of anilines is 1. The van der Waals surface area contributed by atoms with E-state index in [1.54, 1.807) is 0 Å². The van der Waals surface area contributed by atoms with E-state index in [1.165, 1.54) is 48.3 Å². The van der Waals surface area contributed by atoms with Crippen molar-refractivity contribution in [1.29, 1.82) is 0 Å². The van der Waals surface area contributed by atoms with E-state index in [0.717, 1.165) is 64.2 Å². The van der Waals surface area contributed by atoms with Gasteiger partial charge in [0.25, 0.3) is 0 Å². The molecule has 0 saturated carbocycles. The van der Waals surface area contributed by atoms with E-state index in [2.05, 4.69) is 64.4 Å². The van der Waals surface area contributed by atoms with Gasteiger partial charge in [0, 0.05) is 57.2 Å². The smallest absolute Gasteiger partial charge is 0.320 e. The number of nitrogens with zero attached hydrogens (tertiary/aromatic N) is 6. The summed E-state index contributed by atoms with van der Waals surface area (Å²) >= 11 is 0. The number of hydrogen-bond donors (Lipinski definition) is 0. The first-order chi connectivity index (χ1) is 17.7. The lowest BCUT2D eigenvalue weighted by molar-refractivity contribution is 0.159. The topological polar surface area (TPSA) is 47.3 Å². The van der Waals surface area contributed by atoms with Crippen molar-refractivity contribution in [3.63, 3.8) is 0 Å². The predicted octanol–water partition coefficient (Wildman–Crippen LogP) is 4.54. The third-order valence-electron chi connectivity index (χ3n) is 8.50. The lowest BCUT2D eigenvalue weighted by Gasteiger charge is -2.37. The highest BCUT2D eigenvalue weighted by molar-refractivity contribution is 5.80. The summed E-state index contributed by atoms with van der Waals surface area (Å²) in [6, 6.07) is 13.8. The molecule has 190 valence electrons. The molecule has 0 aliphatic carbocycles. The van der Waals surface area contributed by atoms with E-state index in [4.69, 9.17) is 0 Å². The number of amides is 2. The highest BCUT2D eigenvalue weighted by Crippen LogP contribution is 2.32. The summed E-state index contributed by atoms with van der Waals surface area (Å²) in [4.78, 5) is 21.8. The minimum atomic E-state index is 0.219. The van der Waals surface area contributed by atoms with Gasteiger partial charge in [-0.15, -0.1) is 0 Å². The van der Waals surface area contributed by atoms with Gasteiger partial charge in [-0.3, -0.25) is 0 Å². The largest absolute Gasteiger partial charge is 0.366 e. The molecular formula is C29H38N6O. The molecule has 0 atom stereocenters. The number of hydrogen-bond acceptors (Lipinski definition) is 4. The summed E-state index contributed by atoms with van der Waals surface area (Å²) < 4.78 is 2.00. The monoisotopic (exact) mass is 486 g/mol. The number of carbonyl (C=O) groups is 1. The number of fused-ring (bicyclic) bond motifs is 1. The zero-order valence-corrected chi connectivity index (χ0v) is 21.5. The summed E-state index contributed by atoms with van der Waals surface area (Å²) in [5.74, 6) is 0.680. The third-order valence-corrected chi connectivity index (χ3v) is 8.50. The number of likely N-dealkylation sites (tertiary alicyclic amines) is 2. The molecule has 7 nitrogen and oxygen atoms in total. The molecule has 3 fully saturated rings. The van der Waals surface area contributed by atoms with E-state index in [1.807, 2.05) is 20.5 Å². The minimum Gasteiger partial charge on any atom is -0.366 e. The molecule has 7 heteroatoms. The molecule has 3 aliphatic heterocycles. The Labute approximate surface area is 214 Å². The van der Waals surface area contributed by atoms with Gasteiger partial charge in [-0.1, -0.05) is 31.2 Å². The van der Waals surface area contributed by atoms with Crippen LogP contribution in [-0.2, 0) is 0 Å². The van der Waals surface area contributed by atoms with Crippen LogP contribution in [0.5, 0.6) is 0 Å². The molecule has 5 heterocycles. The number of urea groups is 1. The Morgan fingerprint density at radius 2 is 1.56 bits per heavy atom. The van der Waals surface area contributed by atoms with E-state index in [9.17, 15) is 4.79 Å². The molecule has 0 spiro atoms. The van der Waals surface area contributed by atoms with Gasteiger partial charge < -0.3 is 19.6 Å². The van der Waals surface area contributed by atoms with Crippen LogP contribution in [0.3, 0.4) is 0 Å². The normalized spacial score (nSPS) is 20.0. The van der Waals surface area contributed by atoms with Gasteiger partial charge in [-0.05, 0) is 74.5 Å². The highest BCUT2D eigenvalue weighted by atomic mass is 16.2. The molecular weight excluding hydrogens is 448 g/mol. The maximum atomic E-state index is 12.8. The fraction of sp³-hybridized carbons (Fsp3) is 0.517. The maximum Gasteiger partial charge on any atom is 0.320 e. The van der Waals surface area contributed by atoms with Crippen molar-refractivity contribution in [2.45, 2.75) is 38.5 Å². The van der Waals surface area contributed by atoms with Crippen LogP contribution in [-0.4, -0.2) is 89.2 Å². The SMILES string of the molecule is CCN1CCC(c2ccc(-c3cc4c(N5CCN(C(=O)N6CCCC6)CC5)ccnn4c3)cc2)CC1. The summed E-state index contributed by atoms with van der Waals surface area (Å²) in [5.41, 5.74) is 6.23. The Morgan fingerprint density at radius 1 is 0.861 bits per heavy atom. The Hall–Kier alpha value is -3.06. The lowest BCUT2D eigenvalue weighted by Crippen LogP contribution is -2.52. The van der Waals surface area contributed by atoms with E-state index >= 15 is 0 Å². The molecule has 0 radical (unpaired) electrons. The number of piperidine rings is 1. The van der Waals surface area contributed by atoms with Crippen LogP contribution in [0.2, 0.25) is 0 Å². The number of aromatic nitrogens is 2. The number of piperazine rings is 1. The van der Waals surface area contributed by atoms with Gasteiger partial charge in [0.05, 0.1) is 11.2 Å². The molecule has 2 aromatic heterocycles. The zero-order valence-electron chi connectivity index (χ0n) is 21.5. The second-order valence-electron chi connectivity index (χ2n) is 10.6. The molecule has 1 aromatic carbocycles. The quantitative estimate of drug-likeness (QED) is 0.543. The van der Waals surface area contributed by atoms with Crippen molar-refractivity contribution in [3.8, 4) is 11.1 Å². The van der Waals surface area contributed by atoms with Crippen LogP contribution in [0.1, 0.15) is 44.1 Å². The van der Waals surface area contributed by atoms with Crippen molar-refractivity contribution in [1.82, 2.24) is 24.3 Å². The number of carbonyl (C=O) groups excluding carboxylic acids is 1. The number of benzene rings is 1. The fourth-order valence-corrected chi connectivity index (χ4v) is 6.20. The van der Waals surface area contributed by atoms with Crippen LogP contribution in [0.15, 0.2) is 48.8 Å². The van der Waals surface area contributed by atoms with Crippen molar-refractivity contribution in [2.24, 2.45) is 0 Å². The van der Waals surface area contributed by atoms with Crippen LogP contribution in [0, 0.1) is 0 Å². The summed E-state index contributed by atoms with van der Waals surface area (Å²) in [7, 11) is 0. The molecule has 3 aliphatic rings. The van der Waals surface area contributed by atoms with Gasteiger partial charge in [0.1, 0.15) is 0 Å². The molecule has 3 aromatic rings. The first-order valence-electron chi connectivity index (χ1n) is 13.8. The predicted molar refractivity (Wildman–Crippen MR) is 145 cm³/mol. The molecule has 3 saturated heterocycles. The average Bonchev–Trinajstić information content (AvgIpc) is 3.64. The van der Waals surface area contributed by atoms with E-state index in [0.29, 0.717) is 5.92 Å². The maximum absolute atomic E-state index is 12.8. The third kappa shape index (κ3) is 4.57. The highest BCUT2D eigenvalue weighted by Gasteiger charge is 2.27. The van der Waals surface area contributed by atoms with Crippen LogP contribution in [0.25, 0.3) is 16.6 Å². The Kier molecular flexibility index (Phi) is 6.57. The minimum absolute atomic E-state index is 0.219. The number of rotatable bonds is 4. The standard InChI is InChI=1S/C29H38N6O/c1-2-31-15-10-25(11-16-31)23-5-7-24(8-6-23)26-21-28-27(9-12-30-35(28)22-26)32-17-19-34(20-18-32)29(36)33-13-3-4-14-33/h5-9,12,21-22,25H,2-4,10-11,13-20H2,1H3.